The van der Waals surface area contributed by atoms with Gasteiger partial charge in [-0.25, -0.2) is 14.8 Å². The van der Waals surface area contributed by atoms with Gasteiger partial charge >= 0.3 is 55.2 Å². The molecule has 8 heteroatoms. The van der Waals surface area contributed by atoms with Crippen LogP contribution in [-0.4, -0.2) is 25.1 Å². The molecule has 2 heterocycles. The number of hydrogen-bond donors (Lipinski definition) is 0. The molecule has 0 saturated carbocycles. The van der Waals surface area contributed by atoms with Crippen LogP contribution in [0.4, 0.5) is 4.79 Å². The van der Waals surface area contributed by atoms with E-state index in [2.05, 4.69) is 50.7 Å². The summed E-state index contributed by atoms with van der Waals surface area (Å²) in [7, 11) is 1.75. The average molecular weight is 480 g/mol. The average Bonchev–Trinajstić information content (AvgIpc) is 2.92. The summed E-state index contributed by atoms with van der Waals surface area (Å²) in [5.41, 5.74) is 0. The van der Waals surface area contributed by atoms with Crippen LogP contribution < -0.4 is 0 Å². The van der Waals surface area contributed by atoms with E-state index in [-0.39, 0.29) is 6.03 Å². The normalized spacial score (nSPS) is 9.47. The zero-order valence-corrected chi connectivity index (χ0v) is 12.5. The Kier molecular flexibility index (Phi) is 6.45. The summed E-state index contributed by atoms with van der Waals surface area (Å²) in [6.07, 6.45) is 9.17. The SMILES string of the molecule is O=C(n1ccnc1)n1ccnc1.[I][Cu][I]. The minimum absolute atomic E-state index is 0.190. The van der Waals surface area contributed by atoms with Crippen LogP contribution in [0.2, 0.25) is 0 Å². The Hall–Kier alpha value is 0.0695. The second-order valence-corrected chi connectivity index (χ2v) is 10.2. The standard InChI is InChI=1S/C7H6N4O.Cu.2HI/c12-7(10-3-1-8-5-10)11-4-2-9-6-11;;;/h1-6H;;2*1H/q;+2;;/p-2. The van der Waals surface area contributed by atoms with E-state index in [1.54, 1.807) is 33.2 Å². The van der Waals surface area contributed by atoms with Crippen LogP contribution in [0.3, 0.4) is 0 Å². The third-order valence-electron chi connectivity index (χ3n) is 1.45. The van der Waals surface area contributed by atoms with Gasteiger partial charge in [0.1, 0.15) is 12.7 Å². The van der Waals surface area contributed by atoms with Gasteiger partial charge in [-0.1, -0.05) is 0 Å². The summed E-state index contributed by atoms with van der Waals surface area (Å²) >= 11 is 4.36. The molecule has 0 spiro atoms. The molecule has 0 bridgehead atoms. The van der Waals surface area contributed by atoms with Crippen molar-refractivity contribution in [3.8, 4) is 0 Å². The fourth-order valence-electron chi connectivity index (χ4n) is 0.878. The Morgan fingerprint density at radius 3 is 1.73 bits per heavy atom. The van der Waals surface area contributed by atoms with E-state index in [1.165, 1.54) is 21.8 Å². The van der Waals surface area contributed by atoms with Crippen molar-refractivity contribution in [1.29, 1.82) is 0 Å². The summed E-state index contributed by atoms with van der Waals surface area (Å²) in [4.78, 5) is 18.9. The maximum absolute atomic E-state index is 11.4. The number of halogens is 2. The predicted octanol–water partition coefficient (Wildman–Crippen LogP) is 2.36. The van der Waals surface area contributed by atoms with Crippen molar-refractivity contribution in [2.24, 2.45) is 0 Å². The van der Waals surface area contributed by atoms with Crippen LogP contribution >= 0.6 is 40.7 Å². The van der Waals surface area contributed by atoms with Crippen molar-refractivity contribution < 1.29 is 13.3 Å². The third-order valence-corrected chi connectivity index (χ3v) is 1.45. The third kappa shape index (κ3) is 4.21. The summed E-state index contributed by atoms with van der Waals surface area (Å²) in [6.45, 7) is 0. The van der Waals surface area contributed by atoms with E-state index in [9.17, 15) is 4.79 Å². The summed E-state index contributed by atoms with van der Waals surface area (Å²) < 4.78 is 2.75. The van der Waals surface area contributed by atoms with Gasteiger partial charge in [-0.05, 0) is 0 Å². The first-order valence-corrected chi connectivity index (χ1v) is 9.69. The Morgan fingerprint density at radius 1 is 1.07 bits per heavy atom. The zero-order valence-electron chi connectivity index (χ0n) is 7.22. The van der Waals surface area contributed by atoms with Gasteiger partial charge in [0.25, 0.3) is 0 Å². The van der Waals surface area contributed by atoms with Gasteiger partial charge in [0.15, 0.2) is 0 Å². The van der Waals surface area contributed by atoms with Crippen molar-refractivity contribution in [2.75, 3.05) is 0 Å². The molecule has 0 aliphatic heterocycles. The van der Waals surface area contributed by atoms with E-state index in [4.69, 9.17) is 0 Å². The van der Waals surface area contributed by atoms with Gasteiger partial charge in [-0.3, -0.25) is 9.13 Å². The molecule has 0 aliphatic rings. The van der Waals surface area contributed by atoms with Crippen molar-refractivity contribution in [2.45, 2.75) is 0 Å². The Labute approximate surface area is 115 Å². The van der Waals surface area contributed by atoms with Gasteiger partial charge in [0, 0.05) is 24.8 Å². The van der Waals surface area contributed by atoms with Crippen LogP contribution in [-0.2, 0) is 8.46 Å². The van der Waals surface area contributed by atoms with Gasteiger partial charge in [0.05, 0.1) is 0 Å². The fourth-order valence-corrected chi connectivity index (χ4v) is 0.878. The van der Waals surface area contributed by atoms with Crippen LogP contribution in [0.1, 0.15) is 0 Å². The number of imidazole rings is 2. The van der Waals surface area contributed by atoms with Crippen LogP contribution in [0, 0.1) is 0 Å². The Bertz CT molecular complexity index is 353. The summed E-state index contributed by atoms with van der Waals surface area (Å²) in [5, 5.41) is 0. The number of aromatic nitrogens is 4. The number of nitrogens with zero attached hydrogens (tertiary/aromatic N) is 4. The molecular weight excluding hydrogens is 473 g/mol. The first kappa shape index (κ1) is 13.1. The van der Waals surface area contributed by atoms with Crippen LogP contribution in [0.25, 0.3) is 0 Å². The molecule has 15 heavy (non-hydrogen) atoms. The molecule has 5 nitrogen and oxygen atoms in total. The molecule has 2 aromatic rings. The van der Waals surface area contributed by atoms with Gasteiger partial charge in [-0.2, -0.15) is 0 Å². The molecule has 85 valence electrons. The first-order valence-electron chi connectivity index (χ1n) is 3.61. The summed E-state index contributed by atoms with van der Waals surface area (Å²) in [6, 6.07) is -0.190. The molecule has 0 aromatic carbocycles. The number of rotatable bonds is 0. The van der Waals surface area contributed by atoms with Crippen molar-refractivity contribution in [3.63, 3.8) is 0 Å². The van der Waals surface area contributed by atoms with E-state index in [0.29, 0.717) is 0 Å². The molecule has 0 unspecified atom stereocenters. The molecule has 0 radical (unpaired) electrons. The molecule has 0 atom stereocenters. The molecule has 2 aromatic heterocycles. The van der Waals surface area contributed by atoms with Crippen LogP contribution in [0.5, 0.6) is 0 Å². The van der Waals surface area contributed by atoms with Gasteiger partial charge < -0.3 is 0 Å². The minimum atomic E-state index is -0.190. The summed E-state index contributed by atoms with van der Waals surface area (Å²) in [5.74, 6) is 0. The Morgan fingerprint density at radius 2 is 1.47 bits per heavy atom. The molecule has 0 saturated heterocycles. The van der Waals surface area contributed by atoms with E-state index in [1.807, 2.05) is 0 Å². The molecule has 0 amide bonds. The molecule has 0 fully saturated rings. The second kappa shape index (κ2) is 7.36. The maximum atomic E-state index is 11.4. The topological polar surface area (TPSA) is 52.7 Å². The van der Waals surface area contributed by atoms with Crippen molar-refractivity contribution >= 4 is 46.7 Å². The van der Waals surface area contributed by atoms with Crippen molar-refractivity contribution in [1.82, 2.24) is 19.1 Å². The quantitative estimate of drug-likeness (QED) is 0.431. The first-order chi connectivity index (χ1) is 7.29. The van der Waals surface area contributed by atoms with E-state index < -0.39 is 0 Å². The van der Waals surface area contributed by atoms with E-state index in [0.717, 1.165) is 0 Å². The fraction of sp³-hybridized carbons (Fsp3) is 0. The predicted molar refractivity (Wildman–Crippen MR) is 68.7 cm³/mol. The monoisotopic (exact) mass is 479 g/mol. The zero-order chi connectivity index (χ0) is 11.1. The van der Waals surface area contributed by atoms with Crippen molar-refractivity contribution in [3.05, 3.63) is 37.4 Å². The van der Waals surface area contributed by atoms with Gasteiger partial charge in [0.2, 0.25) is 0 Å². The molecule has 0 N–H and O–H groups in total. The molecule has 0 aliphatic carbocycles. The van der Waals surface area contributed by atoms with Gasteiger partial charge in [-0.15, -0.1) is 0 Å². The number of hydrogen-bond acceptors (Lipinski definition) is 3. The molecular formula is C7H6CuI2N4O. The Balaban J connectivity index is 0.000000337. The molecule has 2 rings (SSSR count). The number of carbonyl (C=O) groups excluding carboxylic acids is 1. The van der Waals surface area contributed by atoms with Crippen LogP contribution in [0.15, 0.2) is 37.4 Å². The second-order valence-electron chi connectivity index (χ2n) is 2.27. The number of carbonyl (C=O) groups is 1. The van der Waals surface area contributed by atoms with E-state index >= 15 is 0 Å².